The van der Waals surface area contributed by atoms with Gasteiger partial charge in [-0.25, -0.2) is 23.8 Å². The van der Waals surface area contributed by atoms with Crippen molar-refractivity contribution in [1.29, 1.82) is 0 Å². The summed E-state index contributed by atoms with van der Waals surface area (Å²) in [5.74, 6) is -0.0552. The molecule has 3 saturated heterocycles. The zero-order valence-electron chi connectivity index (χ0n) is 26.9. The molecule has 4 heterocycles. The lowest BCUT2D eigenvalue weighted by Crippen LogP contribution is -2.53. The Morgan fingerprint density at radius 2 is 1.81 bits per heavy atom. The molecule has 1 amide bonds. The van der Waals surface area contributed by atoms with Crippen LogP contribution in [0.1, 0.15) is 44.7 Å². The van der Waals surface area contributed by atoms with Crippen LogP contribution in [0.4, 0.5) is 37.5 Å². The Bertz CT molecular complexity index is 1590. The fourth-order valence-corrected chi connectivity index (χ4v) is 6.79. The van der Waals surface area contributed by atoms with Crippen molar-refractivity contribution in [2.45, 2.75) is 57.4 Å². The number of carbonyl (C=O) groups excluding carboxylic acids is 1. The van der Waals surface area contributed by atoms with Crippen molar-refractivity contribution in [3.63, 3.8) is 0 Å². The summed E-state index contributed by atoms with van der Waals surface area (Å²) in [4.78, 5) is 31.9. The summed E-state index contributed by atoms with van der Waals surface area (Å²) < 4.78 is 40.4. The van der Waals surface area contributed by atoms with E-state index >= 15 is 0 Å². The molecular formula is C34H41F2N7O4. The van der Waals surface area contributed by atoms with E-state index in [0.29, 0.717) is 47.8 Å². The lowest BCUT2D eigenvalue weighted by Gasteiger charge is -2.44. The highest BCUT2D eigenvalue weighted by atomic mass is 19.1. The first-order valence-electron chi connectivity index (χ1n) is 16.0. The van der Waals surface area contributed by atoms with Crippen LogP contribution >= 0.6 is 0 Å². The summed E-state index contributed by atoms with van der Waals surface area (Å²) in [6, 6.07) is 8.66. The Kier molecular flexibility index (Phi) is 9.85. The highest BCUT2D eigenvalue weighted by Gasteiger charge is 2.33. The number of hydrogen-bond acceptors (Lipinski definition) is 10. The minimum absolute atomic E-state index is 0.188. The smallest absolute Gasteiger partial charge is 0.247 e. The highest BCUT2D eigenvalue weighted by molar-refractivity contribution is 6.02. The number of nitrogens with zero attached hydrogens (tertiary/aromatic N) is 5. The molecule has 3 aliphatic heterocycles. The molecule has 11 nitrogen and oxygen atoms in total. The number of rotatable bonds is 9. The van der Waals surface area contributed by atoms with Crippen molar-refractivity contribution in [2.75, 3.05) is 60.5 Å². The topological polar surface area (TPSA) is 104 Å². The molecule has 1 aromatic heterocycles. The molecule has 0 radical (unpaired) electrons. The van der Waals surface area contributed by atoms with E-state index in [1.165, 1.54) is 23.5 Å². The normalized spacial score (nSPS) is 22.3. The van der Waals surface area contributed by atoms with Gasteiger partial charge in [0.1, 0.15) is 29.5 Å². The van der Waals surface area contributed by atoms with Crippen LogP contribution in [-0.4, -0.2) is 78.9 Å². The minimum atomic E-state index is -0.567. The number of piperidine rings is 1. The van der Waals surface area contributed by atoms with Gasteiger partial charge in [0.25, 0.3) is 0 Å². The number of carbonyl (C=O) groups is 1. The summed E-state index contributed by atoms with van der Waals surface area (Å²) in [5.41, 5.74) is 2.19. The van der Waals surface area contributed by atoms with Gasteiger partial charge < -0.3 is 25.0 Å². The molecule has 13 heteroatoms. The van der Waals surface area contributed by atoms with Crippen LogP contribution in [0, 0.1) is 11.6 Å². The first-order chi connectivity index (χ1) is 22.7. The van der Waals surface area contributed by atoms with Gasteiger partial charge in [0.2, 0.25) is 5.91 Å². The fourth-order valence-electron chi connectivity index (χ4n) is 6.79. The molecule has 3 fully saturated rings. The standard InChI is InChI=1S/C34H41F2N7O4/c1-5-34(44)40-27-15-28(31(45-4)16-30(27)41-11-8-24(9-12-41)42-18-21(2)47-22(3)19-42)39-32-17-33(38-20-37-32)43-29(10-13-46-43)25-14-23(35)6-7-26(25)36/h5-7,14-17,20-22,24,29H,1,8-13,18-19H2,2-4H3,(H,40,44)(H,37,38,39)/t21-,22+,29?. The number of hydroxylamine groups is 1. The second-order valence-electron chi connectivity index (χ2n) is 12.2. The van der Waals surface area contributed by atoms with Crippen LogP contribution in [0.2, 0.25) is 0 Å². The predicted octanol–water partition coefficient (Wildman–Crippen LogP) is 5.59. The second kappa shape index (κ2) is 14.2. The van der Waals surface area contributed by atoms with Crippen molar-refractivity contribution in [3.05, 3.63) is 72.6 Å². The molecule has 1 unspecified atom stereocenters. The first-order valence-corrected chi connectivity index (χ1v) is 16.0. The van der Waals surface area contributed by atoms with E-state index in [2.05, 4.69) is 50.8 Å². The molecule has 2 N–H and O–H groups in total. The van der Waals surface area contributed by atoms with E-state index in [9.17, 15) is 13.6 Å². The molecule has 3 aliphatic rings. The number of halogens is 2. The SMILES string of the molecule is C=CC(=O)Nc1cc(Nc2cc(N3OCCC3c3cc(F)ccc3F)ncn2)c(OC)cc1N1CCC(N2C[C@@H](C)O[C@@H](C)C2)CC1. The maximum atomic E-state index is 14.7. The number of benzene rings is 2. The van der Waals surface area contributed by atoms with Crippen LogP contribution in [0.15, 0.2) is 55.4 Å². The Morgan fingerprint density at radius 1 is 1.04 bits per heavy atom. The summed E-state index contributed by atoms with van der Waals surface area (Å²) in [5, 5.41) is 7.71. The third kappa shape index (κ3) is 7.32. The highest BCUT2D eigenvalue weighted by Crippen LogP contribution is 2.41. The molecular weight excluding hydrogens is 608 g/mol. The van der Waals surface area contributed by atoms with Gasteiger partial charge in [-0.15, -0.1) is 0 Å². The monoisotopic (exact) mass is 649 g/mol. The molecule has 0 spiro atoms. The number of aromatic nitrogens is 2. The summed E-state index contributed by atoms with van der Waals surface area (Å²) >= 11 is 0. The van der Waals surface area contributed by atoms with Crippen molar-refractivity contribution in [1.82, 2.24) is 14.9 Å². The van der Waals surface area contributed by atoms with E-state index < -0.39 is 17.7 Å². The van der Waals surface area contributed by atoms with Crippen LogP contribution < -0.4 is 25.3 Å². The number of hydrogen-bond donors (Lipinski definition) is 2. The molecule has 47 heavy (non-hydrogen) atoms. The zero-order valence-corrected chi connectivity index (χ0v) is 26.9. The van der Waals surface area contributed by atoms with Crippen molar-refractivity contribution in [2.24, 2.45) is 0 Å². The third-order valence-corrected chi connectivity index (χ3v) is 8.89. The van der Waals surface area contributed by atoms with E-state index in [0.717, 1.165) is 56.8 Å². The van der Waals surface area contributed by atoms with Crippen LogP contribution in [0.25, 0.3) is 0 Å². The van der Waals surface area contributed by atoms with Gasteiger partial charge in [0, 0.05) is 56.3 Å². The summed E-state index contributed by atoms with van der Waals surface area (Å²) in [6.45, 7) is 11.7. The summed E-state index contributed by atoms with van der Waals surface area (Å²) in [7, 11) is 1.58. The quantitative estimate of drug-likeness (QED) is 0.285. The van der Waals surface area contributed by atoms with E-state index in [1.807, 2.05) is 12.1 Å². The van der Waals surface area contributed by atoms with Crippen molar-refractivity contribution < 1.29 is 27.9 Å². The Morgan fingerprint density at radius 3 is 2.53 bits per heavy atom. The lowest BCUT2D eigenvalue weighted by molar-refractivity contribution is -0.111. The Hall–Kier alpha value is -4.33. The van der Waals surface area contributed by atoms with Crippen LogP contribution in [0.3, 0.4) is 0 Å². The lowest BCUT2D eigenvalue weighted by atomic mass is 10.00. The molecule has 0 saturated carbocycles. The molecule has 3 aromatic rings. The van der Waals surface area contributed by atoms with Crippen molar-refractivity contribution in [3.8, 4) is 5.75 Å². The Labute approximate surface area is 273 Å². The van der Waals surface area contributed by atoms with Crippen LogP contribution in [-0.2, 0) is 14.4 Å². The number of methoxy groups -OCH3 is 1. The zero-order chi connectivity index (χ0) is 33.1. The fraction of sp³-hybridized carbons (Fsp3) is 0.441. The largest absolute Gasteiger partial charge is 0.494 e. The van der Waals surface area contributed by atoms with Gasteiger partial charge in [0.15, 0.2) is 5.82 Å². The van der Waals surface area contributed by atoms with Gasteiger partial charge in [0.05, 0.1) is 49.0 Å². The van der Waals surface area contributed by atoms with Gasteiger partial charge in [-0.1, -0.05) is 6.58 Å². The molecule has 6 rings (SSSR count). The molecule has 3 atom stereocenters. The number of anilines is 5. The van der Waals surface area contributed by atoms with Gasteiger partial charge >= 0.3 is 0 Å². The van der Waals surface area contributed by atoms with Crippen LogP contribution in [0.5, 0.6) is 5.75 Å². The van der Waals surface area contributed by atoms with E-state index in [1.54, 1.807) is 13.2 Å². The molecule has 2 aromatic carbocycles. The molecule has 0 aliphatic carbocycles. The number of nitrogens with one attached hydrogen (secondary N) is 2. The average molecular weight is 650 g/mol. The van der Waals surface area contributed by atoms with Crippen molar-refractivity contribution >= 4 is 34.6 Å². The average Bonchev–Trinajstić information content (AvgIpc) is 3.56. The predicted molar refractivity (Wildman–Crippen MR) is 176 cm³/mol. The van der Waals surface area contributed by atoms with Gasteiger partial charge in [-0.3, -0.25) is 14.5 Å². The summed E-state index contributed by atoms with van der Waals surface area (Å²) in [6.07, 6.45) is 5.45. The third-order valence-electron chi connectivity index (χ3n) is 8.89. The number of ether oxygens (including phenoxy) is 2. The van der Waals surface area contributed by atoms with E-state index in [4.69, 9.17) is 14.3 Å². The second-order valence-corrected chi connectivity index (χ2v) is 12.2. The van der Waals surface area contributed by atoms with E-state index in [-0.39, 0.29) is 23.7 Å². The van der Waals surface area contributed by atoms with Gasteiger partial charge in [-0.05, 0) is 57.0 Å². The Balaban J connectivity index is 1.23. The number of morpholine rings is 1. The molecule has 250 valence electrons. The van der Waals surface area contributed by atoms with Gasteiger partial charge in [-0.2, -0.15) is 0 Å². The number of amides is 1. The molecule has 0 bridgehead atoms. The maximum Gasteiger partial charge on any atom is 0.247 e. The maximum absolute atomic E-state index is 14.7. The first kappa shape index (κ1) is 32.6. The minimum Gasteiger partial charge on any atom is -0.494 e.